The third kappa shape index (κ3) is 3.33. The molecule has 0 radical (unpaired) electrons. The summed E-state index contributed by atoms with van der Waals surface area (Å²) in [5, 5.41) is 1.13. The van der Waals surface area contributed by atoms with Crippen molar-refractivity contribution < 1.29 is 21.5 Å². The summed E-state index contributed by atoms with van der Waals surface area (Å²) in [5.74, 6) is 1.15. The molecule has 0 fully saturated rings. The van der Waals surface area contributed by atoms with Crippen molar-refractivity contribution in [2.24, 2.45) is 0 Å². The topological polar surface area (TPSA) is 16.8 Å². The van der Waals surface area contributed by atoms with Crippen LogP contribution in [0.4, 0.5) is 0 Å². The Hall–Kier alpha value is -1.65. The van der Waals surface area contributed by atoms with Crippen LogP contribution < -0.4 is 21.5 Å². The first-order valence-corrected chi connectivity index (χ1v) is 8.59. The van der Waals surface area contributed by atoms with Gasteiger partial charge in [0, 0.05) is 22.9 Å². The van der Waals surface area contributed by atoms with E-state index in [4.69, 9.17) is 4.98 Å². The average molecular weight is 385 g/mol. The van der Waals surface area contributed by atoms with E-state index < -0.39 is 0 Å². The highest BCUT2D eigenvalue weighted by molar-refractivity contribution is 7.99. The van der Waals surface area contributed by atoms with Crippen molar-refractivity contribution >= 4 is 11.8 Å². The Bertz CT molecular complexity index is 791. The van der Waals surface area contributed by atoms with E-state index in [-0.39, 0.29) is 17.0 Å². The Morgan fingerprint density at radius 3 is 2.22 bits per heavy atom. The number of hydrogen-bond acceptors (Lipinski definition) is 2. The van der Waals surface area contributed by atoms with Crippen molar-refractivity contribution in [3.8, 4) is 22.5 Å². The minimum atomic E-state index is 0. The minimum absolute atomic E-state index is 0. The Balaban J connectivity index is 0.00000156. The fraction of sp³-hybridized carbons (Fsp3) is 0.158. The number of fused-ring (bicyclic) bond motifs is 1. The maximum Gasteiger partial charge on any atom is 0.360 e. The molecule has 0 amide bonds. The van der Waals surface area contributed by atoms with E-state index in [1.54, 1.807) is 0 Å². The van der Waals surface area contributed by atoms with Gasteiger partial charge < -0.3 is 17.0 Å². The Labute approximate surface area is 151 Å². The van der Waals surface area contributed by atoms with Gasteiger partial charge in [0.15, 0.2) is 5.69 Å². The van der Waals surface area contributed by atoms with Gasteiger partial charge in [-0.05, 0) is 23.2 Å². The SMILES string of the molecule is [Br-].c1ccc(-c2cc(-c3ccccc3)[n+]3c(n2)SCCC3)cc1. The van der Waals surface area contributed by atoms with Gasteiger partial charge in [0.2, 0.25) is 0 Å². The van der Waals surface area contributed by atoms with Crippen molar-refractivity contribution in [3.63, 3.8) is 0 Å². The molecule has 2 aromatic carbocycles. The first-order valence-electron chi connectivity index (χ1n) is 7.60. The molecule has 4 rings (SSSR count). The fourth-order valence-electron chi connectivity index (χ4n) is 2.82. The number of rotatable bonds is 2. The third-order valence-electron chi connectivity index (χ3n) is 3.91. The molecular formula is C19H17BrN2S. The van der Waals surface area contributed by atoms with Gasteiger partial charge in [-0.3, -0.25) is 0 Å². The lowest BCUT2D eigenvalue weighted by Gasteiger charge is -2.14. The summed E-state index contributed by atoms with van der Waals surface area (Å²) in [4.78, 5) is 4.90. The third-order valence-corrected chi connectivity index (χ3v) is 4.97. The maximum absolute atomic E-state index is 4.90. The summed E-state index contributed by atoms with van der Waals surface area (Å²) in [5.41, 5.74) is 4.75. The molecule has 2 heterocycles. The highest BCUT2D eigenvalue weighted by atomic mass is 79.9. The zero-order chi connectivity index (χ0) is 14.8. The average Bonchev–Trinajstić information content (AvgIpc) is 2.62. The highest BCUT2D eigenvalue weighted by Crippen LogP contribution is 2.27. The molecule has 0 spiro atoms. The minimum Gasteiger partial charge on any atom is -1.00 e. The van der Waals surface area contributed by atoms with Crippen LogP contribution in [0.2, 0.25) is 0 Å². The van der Waals surface area contributed by atoms with Crippen molar-refractivity contribution in [1.29, 1.82) is 0 Å². The Kier molecular flexibility index (Phi) is 5.13. The van der Waals surface area contributed by atoms with Crippen molar-refractivity contribution in [2.45, 2.75) is 18.1 Å². The molecule has 1 aliphatic rings. The molecule has 2 nitrogen and oxygen atoms in total. The van der Waals surface area contributed by atoms with E-state index in [9.17, 15) is 0 Å². The molecule has 1 aliphatic heterocycles. The summed E-state index contributed by atoms with van der Waals surface area (Å²) < 4.78 is 2.36. The van der Waals surface area contributed by atoms with Crippen LogP contribution >= 0.6 is 11.8 Å². The predicted octanol–water partition coefficient (Wildman–Crippen LogP) is 1.20. The molecule has 0 atom stereocenters. The summed E-state index contributed by atoms with van der Waals surface area (Å²) in [7, 11) is 0. The first-order chi connectivity index (χ1) is 10.9. The van der Waals surface area contributed by atoms with Crippen LogP contribution in [0.5, 0.6) is 0 Å². The number of nitrogens with zero attached hydrogens (tertiary/aromatic N) is 2. The molecule has 0 N–H and O–H groups in total. The van der Waals surface area contributed by atoms with Crippen molar-refractivity contribution in [2.75, 3.05) is 5.75 Å². The quantitative estimate of drug-likeness (QED) is 0.487. The number of hydrogen-bond donors (Lipinski definition) is 0. The molecule has 0 saturated heterocycles. The Morgan fingerprint density at radius 1 is 0.870 bits per heavy atom. The van der Waals surface area contributed by atoms with Crippen LogP contribution in [-0.4, -0.2) is 10.7 Å². The van der Waals surface area contributed by atoms with E-state index >= 15 is 0 Å². The van der Waals surface area contributed by atoms with E-state index in [0.717, 1.165) is 23.1 Å². The van der Waals surface area contributed by atoms with Gasteiger partial charge in [-0.1, -0.05) is 60.7 Å². The summed E-state index contributed by atoms with van der Waals surface area (Å²) in [6, 6.07) is 23.3. The molecule has 3 aromatic rings. The Morgan fingerprint density at radius 2 is 1.52 bits per heavy atom. The molecule has 1 aromatic heterocycles. The molecular weight excluding hydrogens is 368 g/mol. The van der Waals surface area contributed by atoms with Gasteiger partial charge in [0.05, 0.1) is 6.54 Å². The highest BCUT2D eigenvalue weighted by Gasteiger charge is 2.25. The number of benzene rings is 2. The monoisotopic (exact) mass is 384 g/mol. The molecule has 0 saturated carbocycles. The van der Waals surface area contributed by atoms with Gasteiger partial charge in [-0.25, -0.2) is 4.57 Å². The summed E-state index contributed by atoms with van der Waals surface area (Å²) >= 11 is 1.86. The van der Waals surface area contributed by atoms with Crippen LogP contribution in [0.1, 0.15) is 6.42 Å². The van der Waals surface area contributed by atoms with Crippen molar-refractivity contribution in [3.05, 3.63) is 66.7 Å². The smallest absolute Gasteiger partial charge is 0.360 e. The van der Waals surface area contributed by atoms with Crippen LogP contribution in [0.15, 0.2) is 71.9 Å². The van der Waals surface area contributed by atoms with Gasteiger partial charge in [0.25, 0.3) is 0 Å². The lowest BCUT2D eigenvalue weighted by molar-refractivity contribution is -0.728. The second-order valence-corrected chi connectivity index (χ2v) is 6.46. The molecule has 116 valence electrons. The normalized spacial score (nSPS) is 13.0. The number of aromatic nitrogens is 2. The zero-order valence-electron chi connectivity index (χ0n) is 12.7. The standard InChI is InChI=1S/C19H17N2S.BrH/c1-3-8-15(9-4-1)17-14-18(16-10-5-2-6-11-16)21-12-7-13-22-19(21)20-17;/h1-6,8-11,14H,7,12-13H2;1H/q+1;/p-1. The van der Waals surface area contributed by atoms with Gasteiger partial charge in [-0.2, -0.15) is 0 Å². The van der Waals surface area contributed by atoms with Crippen LogP contribution in [0, 0.1) is 0 Å². The molecule has 0 unspecified atom stereocenters. The van der Waals surface area contributed by atoms with Gasteiger partial charge in [-0.15, -0.1) is 0 Å². The van der Waals surface area contributed by atoms with E-state index in [1.807, 2.05) is 17.8 Å². The molecule has 0 aliphatic carbocycles. The molecule has 4 heteroatoms. The second-order valence-electron chi connectivity index (χ2n) is 5.39. The summed E-state index contributed by atoms with van der Waals surface area (Å²) in [6.45, 7) is 1.05. The van der Waals surface area contributed by atoms with Crippen molar-refractivity contribution in [1.82, 2.24) is 4.98 Å². The lowest BCUT2D eigenvalue weighted by Crippen LogP contribution is -3.00. The second kappa shape index (κ2) is 7.28. The maximum atomic E-state index is 4.90. The van der Waals surface area contributed by atoms with E-state index in [1.165, 1.54) is 23.2 Å². The van der Waals surface area contributed by atoms with Gasteiger partial charge in [0.1, 0.15) is 5.69 Å². The molecule has 0 bridgehead atoms. The predicted molar refractivity (Wildman–Crippen MR) is 90.6 cm³/mol. The van der Waals surface area contributed by atoms with Crippen LogP contribution in [0.3, 0.4) is 0 Å². The fourth-order valence-corrected chi connectivity index (χ4v) is 3.79. The zero-order valence-corrected chi connectivity index (χ0v) is 15.1. The van der Waals surface area contributed by atoms with E-state index in [2.05, 4.69) is 65.2 Å². The largest absolute Gasteiger partial charge is 1.00 e. The van der Waals surface area contributed by atoms with Gasteiger partial charge >= 0.3 is 5.16 Å². The summed E-state index contributed by atoms with van der Waals surface area (Å²) in [6.07, 6.45) is 1.20. The number of thioether (sulfide) groups is 1. The van der Waals surface area contributed by atoms with Crippen LogP contribution in [-0.2, 0) is 6.54 Å². The molecule has 23 heavy (non-hydrogen) atoms. The number of halogens is 1. The van der Waals surface area contributed by atoms with Crippen LogP contribution in [0.25, 0.3) is 22.5 Å². The lowest BCUT2D eigenvalue weighted by atomic mass is 10.1. The first kappa shape index (κ1) is 16.2. The van der Waals surface area contributed by atoms with E-state index in [0.29, 0.717) is 0 Å².